The van der Waals surface area contributed by atoms with Crippen LogP contribution in [0, 0.1) is 0 Å². The van der Waals surface area contributed by atoms with Crippen molar-refractivity contribution in [1.29, 1.82) is 0 Å². The summed E-state index contributed by atoms with van der Waals surface area (Å²) in [7, 11) is 0. The van der Waals surface area contributed by atoms with E-state index < -0.39 is 0 Å². The second-order valence-corrected chi connectivity index (χ2v) is 9.73. The number of hydrogen-bond acceptors (Lipinski definition) is 3. The average molecular weight is 497 g/mol. The van der Waals surface area contributed by atoms with Gasteiger partial charge in [-0.2, -0.15) is 0 Å². The summed E-state index contributed by atoms with van der Waals surface area (Å²) in [6, 6.07) is 15.6. The minimum atomic E-state index is -0.145. The van der Waals surface area contributed by atoms with Crippen LogP contribution in [0.4, 0.5) is 5.69 Å². The second kappa shape index (κ2) is 10.3. The van der Waals surface area contributed by atoms with Crippen molar-refractivity contribution in [2.45, 2.75) is 37.0 Å². The van der Waals surface area contributed by atoms with Crippen LogP contribution < -0.4 is 10.2 Å². The van der Waals surface area contributed by atoms with Crippen LogP contribution in [0.1, 0.15) is 37.7 Å². The van der Waals surface area contributed by atoms with Crippen molar-refractivity contribution in [3.8, 4) is 0 Å². The Bertz CT molecular complexity index is 1050. The largest absolute Gasteiger partial charge is 0.354 e. The van der Waals surface area contributed by atoms with Gasteiger partial charge in [0.25, 0.3) is 5.91 Å². The summed E-state index contributed by atoms with van der Waals surface area (Å²) >= 11 is 4.93. The van der Waals surface area contributed by atoms with E-state index in [1.807, 2.05) is 54.6 Å². The number of benzene rings is 2. The van der Waals surface area contributed by atoms with Gasteiger partial charge >= 0.3 is 0 Å². The fourth-order valence-electron chi connectivity index (χ4n) is 3.86. The fourth-order valence-corrected chi connectivity index (χ4v) is 5.34. The lowest BCUT2D eigenvalue weighted by Gasteiger charge is -2.29. The van der Waals surface area contributed by atoms with E-state index in [9.17, 15) is 9.59 Å². The second-order valence-electron chi connectivity index (χ2n) is 7.73. The van der Waals surface area contributed by atoms with Gasteiger partial charge in [0.15, 0.2) is 0 Å². The van der Waals surface area contributed by atoms with Gasteiger partial charge in [-0.05, 0) is 68.0 Å². The molecule has 0 aromatic heterocycles. The molecule has 0 saturated heterocycles. The highest BCUT2D eigenvalue weighted by atomic mass is 79.9. The van der Waals surface area contributed by atoms with Crippen molar-refractivity contribution in [3.63, 3.8) is 0 Å². The van der Waals surface area contributed by atoms with E-state index in [4.69, 9.17) is 0 Å². The number of anilines is 1. The number of fused-ring (bicyclic) bond motifs is 1. The van der Waals surface area contributed by atoms with Crippen molar-refractivity contribution in [3.05, 3.63) is 75.1 Å². The first kappa shape index (κ1) is 21.9. The summed E-state index contributed by atoms with van der Waals surface area (Å²) in [5.74, 6) is -0.276. The number of halogens is 1. The summed E-state index contributed by atoms with van der Waals surface area (Å²) < 4.78 is 0.958. The molecule has 160 valence electrons. The zero-order valence-corrected chi connectivity index (χ0v) is 19.7. The Balaban J connectivity index is 1.48. The van der Waals surface area contributed by atoms with E-state index in [-0.39, 0.29) is 18.4 Å². The molecule has 0 bridgehead atoms. The highest BCUT2D eigenvalue weighted by Crippen LogP contribution is 2.42. The monoisotopic (exact) mass is 496 g/mol. The Hall–Kier alpha value is -2.31. The van der Waals surface area contributed by atoms with Gasteiger partial charge in [-0.25, -0.2) is 0 Å². The summed E-state index contributed by atoms with van der Waals surface area (Å²) in [4.78, 5) is 29.1. The molecule has 0 unspecified atom stereocenters. The number of hydrogen-bond donors (Lipinski definition) is 1. The van der Waals surface area contributed by atoms with E-state index in [2.05, 4.69) is 27.3 Å². The molecule has 0 saturated carbocycles. The molecule has 0 radical (unpaired) electrons. The zero-order chi connectivity index (χ0) is 21.6. The molecular formula is C25H25BrN2O2S. The molecular weight excluding hydrogens is 472 g/mol. The summed E-state index contributed by atoms with van der Waals surface area (Å²) in [5.41, 5.74) is 3.16. The molecule has 2 aromatic carbocycles. The number of amides is 2. The van der Waals surface area contributed by atoms with E-state index in [1.54, 1.807) is 4.90 Å². The summed E-state index contributed by atoms with van der Waals surface area (Å²) in [5, 5.41) is 2.99. The zero-order valence-electron chi connectivity index (χ0n) is 17.3. The van der Waals surface area contributed by atoms with E-state index in [0.717, 1.165) is 39.9 Å². The highest BCUT2D eigenvalue weighted by Gasteiger charge is 2.30. The van der Waals surface area contributed by atoms with Crippen LogP contribution in [-0.4, -0.2) is 24.9 Å². The van der Waals surface area contributed by atoms with Gasteiger partial charge in [0.2, 0.25) is 5.91 Å². The molecule has 0 atom stereocenters. The quantitative estimate of drug-likeness (QED) is 0.397. The van der Waals surface area contributed by atoms with E-state index in [1.165, 1.54) is 30.2 Å². The molecule has 2 aliphatic rings. The molecule has 4 rings (SSSR count). The van der Waals surface area contributed by atoms with Crippen molar-refractivity contribution in [2.24, 2.45) is 0 Å². The Labute approximate surface area is 195 Å². The van der Waals surface area contributed by atoms with Crippen molar-refractivity contribution < 1.29 is 9.59 Å². The first-order chi connectivity index (χ1) is 15.1. The number of allylic oxidation sites excluding steroid dienone is 1. The van der Waals surface area contributed by atoms with E-state index in [0.29, 0.717) is 11.4 Å². The van der Waals surface area contributed by atoms with Gasteiger partial charge in [-0.3, -0.25) is 14.5 Å². The maximum absolute atomic E-state index is 13.3. The maximum atomic E-state index is 13.3. The third-order valence-electron chi connectivity index (χ3n) is 5.43. The number of para-hydroxylation sites is 1. The first-order valence-corrected chi connectivity index (χ1v) is 12.2. The lowest BCUT2D eigenvalue weighted by atomic mass is 9.97. The van der Waals surface area contributed by atoms with Crippen LogP contribution in [0.5, 0.6) is 0 Å². The van der Waals surface area contributed by atoms with E-state index >= 15 is 0 Å². The highest BCUT2D eigenvalue weighted by molar-refractivity contribution is 9.10. The number of nitrogens with zero attached hydrogens (tertiary/aromatic N) is 1. The number of rotatable bonds is 6. The number of carbonyl (C=O) groups is 2. The van der Waals surface area contributed by atoms with Crippen LogP contribution in [-0.2, 0) is 9.59 Å². The third kappa shape index (κ3) is 5.69. The summed E-state index contributed by atoms with van der Waals surface area (Å²) in [6.45, 7) is 0.634. The normalized spacial score (nSPS) is 17.3. The maximum Gasteiger partial charge on any atom is 0.265 e. The molecule has 1 N–H and O–H groups in total. The molecule has 2 amide bonds. The molecule has 6 heteroatoms. The smallest absolute Gasteiger partial charge is 0.265 e. The van der Waals surface area contributed by atoms with Crippen molar-refractivity contribution in [1.82, 2.24) is 5.32 Å². The van der Waals surface area contributed by atoms with Crippen LogP contribution in [0.2, 0.25) is 0 Å². The number of carbonyl (C=O) groups excluding carboxylic acids is 2. The lowest BCUT2D eigenvalue weighted by molar-refractivity contribution is -0.122. The Morgan fingerprint density at radius 3 is 2.84 bits per heavy atom. The molecule has 1 aliphatic heterocycles. The predicted octanol–water partition coefficient (Wildman–Crippen LogP) is 5.94. The van der Waals surface area contributed by atoms with Gasteiger partial charge in [0, 0.05) is 15.9 Å². The van der Waals surface area contributed by atoms with Gasteiger partial charge in [0.05, 0.1) is 10.6 Å². The topological polar surface area (TPSA) is 49.4 Å². The minimum absolute atomic E-state index is 0.0191. The van der Waals surface area contributed by atoms with Gasteiger partial charge < -0.3 is 5.32 Å². The van der Waals surface area contributed by atoms with Gasteiger partial charge in [0.1, 0.15) is 6.54 Å². The molecule has 0 spiro atoms. The van der Waals surface area contributed by atoms with Crippen LogP contribution in [0.25, 0.3) is 6.08 Å². The average Bonchev–Trinajstić information content (AvgIpc) is 2.77. The molecule has 2 aromatic rings. The number of nitrogens with one attached hydrogen (secondary N) is 1. The molecule has 1 heterocycles. The third-order valence-corrected chi connectivity index (χ3v) is 7.00. The summed E-state index contributed by atoms with van der Waals surface area (Å²) in [6.07, 6.45) is 9.86. The molecule has 1 aliphatic carbocycles. The van der Waals surface area contributed by atoms with Crippen molar-refractivity contribution >= 4 is 51.3 Å². The SMILES string of the molecule is O=C(CN1C(=O)/C(=C\c2cccc(Br)c2)Sc2ccccc21)NCCC1=CCCCC1. The predicted molar refractivity (Wildman–Crippen MR) is 131 cm³/mol. The molecule has 4 nitrogen and oxygen atoms in total. The van der Waals surface area contributed by atoms with Crippen LogP contribution >= 0.6 is 27.7 Å². The fraction of sp³-hybridized carbons (Fsp3) is 0.280. The van der Waals surface area contributed by atoms with Gasteiger partial charge in [-0.15, -0.1) is 0 Å². The Kier molecular flexibility index (Phi) is 7.30. The van der Waals surface area contributed by atoms with Gasteiger partial charge in [-0.1, -0.05) is 63.6 Å². The lowest BCUT2D eigenvalue weighted by Crippen LogP contribution is -2.43. The van der Waals surface area contributed by atoms with Crippen LogP contribution in [0.15, 0.2) is 74.5 Å². The Morgan fingerprint density at radius 2 is 2.03 bits per heavy atom. The minimum Gasteiger partial charge on any atom is -0.354 e. The molecule has 0 fully saturated rings. The first-order valence-electron chi connectivity index (χ1n) is 10.6. The van der Waals surface area contributed by atoms with Crippen molar-refractivity contribution in [2.75, 3.05) is 18.0 Å². The van der Waals surface area contributed by atoms with Crippen LogP contribution in [0.3, 0.4) is 0 Å². The number of thioether (sulfide) groups is 1. The Morgan fingerprint density at radius 1 is 1.16 bits per heavy atom. The standard InChI is InChI=1S/C25H25BrN2O2S/c26-20-10-6-9-19(15-20)16-23-25(30)28(21-11-4-5-12-22(21)31-23)17-24(29)27-14-13-18-7-2-1-3-8-18/h4-7,9-12,15-16H,1-3,8,13-14,17H2,(H,27,29)/b23-16+. The molecule has 31 heavy (non-hydrogen) atoms.